The standard InChI is InChI=1S/C17H26N4O/c1-4-15(2)21(13-16-6-5-7-18-12-16)14-17-19-8-9-20(17)10-11-22-3/h5-9,12,15H,4,10-11,13-14H2,1-3H3. The van der Waals surface area contributed by atoms with Crippen LogP contribution in [0.25, 0.3) is 0 Å². The Hall–Kier alpha value is -1.72. The zero-order valence-electron chi connectivity index (χ0n) is 13.8. The molecule has 0 fully saturated rings. The van der Waals surface area contributed by atoms with Crippen molar-refractivity contribution >= 4 is 0 Å². The average molecular weight is 302 g/mol. The van der Waals surface area contributed by atoms with Crippen molar-refractivity contribution < 1.29 is 4.74 Å². The highest BCUT2D eigenvalue weighted by atomic mass is 16.5. The first-order valence-electron chi connectivity index (χ1n) is 7.86. The molecule has 1 unspecified atom stereocenters. The van der Waals surface area contributed by atoms with Gasteiger partial charge in [-0.1, -0.05) is 13.0 Å². The molecule has 5 nitrogen and oxygen atoms in total. The molecular weight excluding hydrogens is 276 g/mol. The monoisotopic (exact) mass is 302 g/mol. The molecule has 22 heavy (non-hydrogen) atoms. The SMILES string of the molecule is CCC(C)N(Cc1cccnc1)Cc1nccn1CCOC. The van der Waals surface area contributed by atoms with Gasteiger partial charge in [0, 0.05) is 51.0 Å². The summed E-state index contributed by atoms with van der Waals surface area (Å²) in [4.78, 5) is 11.2. The van der Waals surface area contributed by atoms with Gasteiger partial charge in [0.2, 0.25) is 0 Å². The van der Waals surface area contributed by atoms with Gasteiger partial charge >= 0.3 is 0 Å². The first-order chi connectivity index (χ1) is 10.7. The number of nitrogens with zero attached hydrogens (tertiary/aromatic N) is 4. The molecule has 0 amide bonds. The lowest BCUT2D eigenvalue weighted by atomic mass is 10.2. The number of hydrogen-bond acceptors (Lipinski definition) is 4. The van der Waals surface area contributed by atoms with Crippen molar-refractivity contribution in [1.29, 1.82) is 0 Å². The van der Waals surface area contributed by atoms with Crippen LogP contribution >= 0.6 is 0 Å². The van der Waals surface area contributed by atoms with E-state index in [1.807, 2.05) is 30.9 Å². The second-order valence-corrected chi connectivity index (χ2v) is 5.55. The largest absolute Gasteiger partial charge is 0.383 e. The molecule has 2 aromatic heterocycles. The van der Waals surface area contributed by atoms with Crippen LogP contribution in [0.15, 0.2) is 36.9 Å². The normalized spacial score (nSPS) is 12.7. The van der Waals surface area contributed by atoms with Crippen molar-refractivity contribution in [3.05, 3.63) is 48.3 Å². The molecule has 0 aliphatic rings. The number of imidazole rings is 1. The summed E-state index contributed by atoms with van der Waals surface area (Å²) in [5.41, 5.74) is 1.23. The van der Waals surface area contributed by atoms with Crippen molar-refractivity contribution in [2.45, 2.75) is 45.9 Å². The fraction of sp³-hybridized carbons (Fsp3) is 0.529. The number of methoxy groups -OCH3 is 1. The van der Waals surface area contributed by atoms with Crippen LogP contribution in [0.5, 0.6) is 0 Å². The summed E-state index contributed by atoms with van der Waals surface area (Å²) in [6.45, 7) is 7.75. The Kier molecular flexibility index (Phi) is 6.55. The molecule has 0 saturated heterocycles. The third-order valence-corrected chi connectivity index (χ3v) is 4.01. The minimum atomic E-state index is 0.493. The van der Waals surface area contributed by atoms with E-state index in [-0.39, 0.29) is 0 Å². The molecule has 120 valence electrons. The zero-order chi connectivity index (χ0) is 15.8. The second-order valence-electron chi connectivity index (χ2n) is 5.55. The molecule has 0 spiro atoms. The van der Waals surface area contributed by atoms with E-state index >= 15 is 0 Å². The Morgan fingerprint density at radius 3 is 2.86 bits per heavy atom. The summed E-state index contributed by atoms with van der Waals surface area (Å²) in [5.74, 6) is 1.08. The van der Waals surface area contributed by atoms with Gasteiger partial charge in [0.05, 0.1) is 13.2 Å². The smallest absolute Gasteiger partial charge is 0.122 e. The molecule has 0 bridgehead atoms. The van der Waals surface area contributed by atoms with Gasteiger partial charge in [-0.05, 0) is 25.0 Å². The zero-order valence-corrected chi connectivity index (χ0v) is 13.8. The fourth-order valence-electron chi connectivity index (χ4n) is 2.42. The Morgan fingerprint density at radius 2 is 2.18 bits per heavy atom. The third-order valence-electron chi connectivity index (χ3n) is 4.01. The lowest BCUT2D eigenvalue weighted by molar-refractivity contribution is 0.168. The molecule has 1 atom stereocenters. The predicted molar refractivity (Wildman–Crippen MR) is 87.3 cm³/mol. The number of aromatic nitrogens is 3. The van der Waals surface area contributed by atoms with Crippen molar-refractivity contribution in [3.63, 3.8) is 0 Å². The van der Waals surface area contributed by atoms with E-state index in [0.29, 0.717) is 12.6 Å². The minimum Gasteiger partial charge on any atom is -0.383 e. The first kappa shape index (κ1) is 16.6. The Morgan fingerprint density at radius 1 is 1.32 bits per heavy atom. The Bertz CT molecular complexity index is 541. The highest BCUT2D eigenvalue weighted by Gasteiger charge is 2.16. The molecule has 0 N–H and O–H groups in total. The summed E-state index contributed by atoms with van der Waals surface area (Å²) in [6, 6.07) is 4.61. The Labute approximate surface area is 133 Å². The molecule has 2 rings (SSSR count). The second kappa shape index (κ2) is 8.66. The van der Waals surface area contributed by atoms with E-state index in [4.69, 9.17) is 4.74 Å². The van der Waals surface area contributed by atoms with Crippen LogP contribution in [-0.4, -0.2) is 39.2 Å². The fourth-order valence-corrected chi connectivity index (χ4v) is 2.42. The van der Waals surface area contributed by atoms with Crippen LogP contribution < -0.4 is 0 Å². The quantitative estimate of drug-likeness (QED) is 0.714. The summed E-state index contributed by atoms with van der Waals surface area (Å²) >= 11 is 0. The van der Waals surface area contributed by atoms with Gasteiger partial charge in [0.1, 0.15) is 5.82 Å². The van der Waals surface area contributed by atoms with Gasteiger partial charge in [-0.25, -0.2) is 4.98 Å². The first-order valence-corrected chi connectivity index (χ1v) is 7.86. The van der Waals surface area contributed by atoms with Gasteiger partial charge in [0.25, 0.3) is 0 Å². The van der Waals surface area contributed by atoms with Crippen LogP contribution in [0.4, 0.5) is 0 Å². The third kappa shape index (κ3) is 4.64. The molecule has 2 aromatic rings. The summed E-state index contributed by atoms with van der Waals surface area (Å²) < 4.78 is 7.34. The molecule has 0 saturated carbocycles. The lowest BCUT2D eigenvalue weighted by Crippen LogP contribution is -2.33. The molecular formula is C17H26N4O. The number of rotatable bonds is 9. The topological polar surface area (TPSA) is 43.2 Å². The van der Waals surface area contributed by atoms with E-state index in [9.17, 15) is 0 Å². The predicted octanol–water partition coefficient (Wildman–Crippen LogP) is 2.73. The van der Waals surface area contributed by atoms with Gasteiger partial charge in [-0.15, -0.1) is 0 Å². The van der Waals surface area contributed by atoms with Gasteiger partial charge < -0.3 is 9.30 Å². The van der Waals surface area contributed by atoms with E-state index < -0.39 is 0 Å². The van der Waals surface area contributed by atoms with Crippen LogP contribution in [0.2, 0.25) is 0 Å². The average Bonchev–Trinajstić information content (AvgIpc) is 2.99. The summed E-state index contributed by atoms with van der Waals surface area (Å²) in [5, 5.41) is 0. The van der Waals surface area contributed by atoms with Gasteiger partial charge in [-0.3, -0.25) is 9.88 Å². The Balaban J connectivity index is 2.08. The van der Waals surface area contributed by atoms with Crippen molar-refractivity contribution in [2.75, 3.05) is 13.7 Å². The summed E-state index contributed by atoms with van der Waals surface area (Å²) in [6.07, 6.45) is 8.75. The summed E-state index contributed by atoms with van der Waals surface area (Å²) in [7, 11) is 1.73. The number of ether oxygens (including phenoxy) is 1. The molecule has 0 aromatic carbocycles. The van der Waals surface area contributed by atoms with Crippen LogP contribution in [0.1, 0.15) is 31.7 Å². The number of hydrogen-bond donors (Lipinski definition) is 0. The molecule has 0 radical (unpaired) electrons. The highest BCUT2D eigenvalue weighted by Crippen LogP contribution is 2.14. The molecule has 0 aliphatic heterocycles. The van der Waals surface area contributed by atoms with Gasteiger partial charge in [-0.2, -0.15) is 0 Å². The molecule has 5 heteroatoms. The van der Waals surface area contributed by atoms with E-state index in [1.54, 1.807) is 7.11 Å². The number of pyridine rings is 1. The van der Waals surface area contributed by atoms with E-state index in [0.717, 1.165) is 31.9 Å². The van der Waals surface area contributed by atoms with Crippen molar-refractivity contribution in [1.82, 2.24) is 19.4 Å². The molecule has 2 heterocycles. The van der Waals surface area contributed by atoms with Crippen LogP contribution in [0, 0.1) is 0 Å². The van der Waals surface area contributed by atoms with Gasteiger partial charge in [0.15, 0.2) is 0 Å². The van der Waals surface area contributed by atoms with E-state index in [1.165, 1.54) is 5.56 Å². The maximum absolute atomic E-state index is 5.17. The van der Waals surface area contributed by atoms with Crippen molar-refractivity contribution in [2.24, 2.45) is 0 Å². The maximum atomic E-state index is 5.17. The maximum Gasteiger partial charge on any atom is 0.122 e. The van der Waals surface area contributed by atoms with Crippen LogP contribution in [-0.2, 0) is 24.4 Å². The minimum absolute atomic E-state index is 0.493. The van der Waals surface area contributed by atoms with Crippen LogP contribution in [0.3, 0.4) is 0 Å². The van der Waals surface area contributed by atoms with E-state index in [2.05, 4.69) is 39.3 Å². The highest BCUT2D eigenvalue weighted by molar-refractivity contribution is 5.08. The van der Waals surface area contributed by atoms with Crippen molar-refractivity contribution in [3.8, 4) is 0 Å². The lowest BCUT2D eigenvalue weighted by Gasteiger charge is -2.28. The molecule has 0 aliphatic carbocycles.